The first-order chi connectivity index (χ1) is 10.2. The van der Waals surface area contributed by atoms with Gasteiger partial charge >= 0.3 is 0 Å². The van der Waals surface area contributed by atoms with E-state index in [4.69, 9.17) is 18.0 Å². The van der Waals surface area contributed by atoms with E-state index in [-0.39, 0.29) is 11.8 Å². The average Bonchev–Trinajstić information content (AvgIpc) is 2.52. The van der Waals surface area contributed by atoms with Crippen molar-refractivity contribution in [3.63, 3.8) is 0 Å². The smallest absolute Gasteiger partial charge is 0.237 e. The third-order valence-electron chi connectivity index (χ3n) is 3.98. The van der Waals surface area contributed by atoms with Crippen molar-refractivity contribution in [2.45, 2.75) is 45.7 Å². The van der Waals surface area contributed by atoms with E-state index in [1.165, 1.54) is 0 Å². The van der Waals surface area contributed by atoms with Gasteiger partial charge in [-0.2, -0.15) is 0 Å². The maximum atomic E-state index is 12.3. The second kappa shape index (κ2) is 7.70. The first-order valence-corrected chi connectivity index (χ1v) is 8.02. The third kappa shape index (κ3) is 4.52. The minimum absolute atomic E-state index is 0.135. The van der Waals surface area contributed by atoms with Crippen LogP contribution >= 0.6 is 12.2 Å². The quantitative estimate of drug-likeness (QED) is 0.791. The summed E-state index contributed by atoms with van der Waals surface area (Å²) < 4.78 is 0. The summed E-state index contributed by atoms with van der Waals surface area (Å²) in [6, 6.07) is 9.31. The molecule has 5 heteroatoms. The molecule has 0 saturated carbocycles. The fourth-order valence-electron chi connectivity index (χ4n) is 2.15. The zero-order chi connectivity index (χ0) is 16.9. The van der Waals surface area contributed by atoms with Crippen molar-refractivity contribution in [2.75, 3.05) is 11.9 Å². The molecule has 0 unspecified atom stereocenters. The Morgan fingerprint density at radius 2 is 1.91 bits per heavy atom. The molecular formula is C17H27N3OS. The van der Waals surface area contributed by atoms with E-state index in [9.17, 15) is 4.79 Å². The van der Waals surface area contributed by atoms with E-state index in [1.807, 2.05) is 70.0 Å². The third-order valence-corrected chi connectivity index (χ3v) is 4.76. The predicted molar refractivity (Wildman–Crippen MR) is 97.1 cm³/mol. The highest BCUT2D eigenvalue weighted by atomic mass is 32.1. The maximum Gasteiger partial charge on any atom is 0.237 e. The molecule has 0 saturated heterocycles. The van der Waals surface area contributed by atoms with E-state index in [0.29, 0.717) is 4.99 Å². The van der Waals surface area contributed by atoms with Crippen molar-refractivity contribution in [3.05, 3.63) is 30.3 Å². The lowest BCUT2D eigenvalue weighted by Crippen LogP contribution is -2.58. The number of nitrogens with two attached hydrogens (primary N) is 1. The molecule has 1 amide bonds. The predicted octanol–water partition coefficient (Wildman–Crippen LogP) is 2.72. The van der Waals surface area contributed by atoms with Gasteiger partial charge in [0.1, 0.15) is 4.99 Å². The molecule has 0 aliphatic heterocycles. The minimum Gasteiger partial charge on any atom is -0.343 e. The Kier molecular flexibility index (Phi) is 6.50. The zero-order valence-electron chi connectivity index (χ0n) is 14.1. The Labute approximate surface area is 139 Å². The number of rotatable bonds is 6. The number of hydrogen-bond acceptors (Lipinski definition) is 3. The lowest BCUT2D eigenvalue weighted by molar-refractivity contribution is -0.124. The maximum absolute atomic E-state index is 12.3. The van der Waals surface area contributed by atoms with Crippen molar-refractivity contribution in [2.24, 2.45) is 11.7 Å². The standard InChI is InChI=1S/C17H27N3OS/c1-6-12(2)14(18)15(21)19-17(3,4)16(22)20(5)13-10-8-7-9-11-13/h7-12,14H,6,18H2,1-5H3,(H,19,21)/t12-,14-/m0/s1. The highest BCUT2D eigenvalue weighted by Gasteiger charge is 2.31. The van der Waals surface area contributed by atoms with Crippen LogP contribution in [0.4, 0.5) is 5.69 Å². The molecule has 0 aromatic heterocycles. The summed E-state index contributed by atoms with van der Waals surface area (Å²) >= 11 is 5.56. The highest BCUT2D eigenvalue weighted by Crippen LogP contribution is 2.18. The summed E-state index contributed by atoms with van der Waals surface area (Å²) in [5, 5.41) is 2.97. The molecule has 1 aromatic rings. The van der Waals surface area contributed by atoms with Gasteiger partial charge in [-0.05, 0) is 31.9 Å². The molecule has 3 N–H and O–H groups in total. The van der Waals surface area contributed by atoms with Crippen LogP contribution in [0.1, 0.15) is 34.1 Å². The number of nitrogens with zero attached hydrogens (tertiary/aromatic N) is 1. The highest BCUT2D eigenvalue weighted by molar-refractivity contribution is 7.80. The van der Waals surface area contributed by atoms with Crippen molar-refractivity contribution in [3.8, 4) is 0 Å². The molecule has 0 fully saturated rings. The molecule has 2 atom stereocenters. The summed E-state index contributed by atoms with van der Waals surface area (Å²) in [6.07, 6.45) is 0.864. The second-order valence-corrected chi connectivity index (χ2v) is 6.61. The summed E-state index contributed by atoms with van der Waals surface area (Å²) in [7, 11) is 1.90. The summed E-state index contributed by atoms with van der Waals surface area (Å²) in [6.45, 7) is 7.80. The van der Waals surface area contributed by atoms with Crippen molar-refractivity contribution in [1.29, 1.82) is 0 Å². The van der Waals surface area contributed by atoms with Gasteiger partial charge in [-0.15, -0.1) is 0 Å². The number of benzene rings is 1. The Morgan fingerprint density at radius 3 is 2.41 bits per heavy atom. The van der Waals surface area contributed by atoms with Crippen LogP contribution in [0, 0.1) is 5.92 Å². The number of carbonyl (C=O) groups excluding carboxylic acids is 1. The van der Waals surface area contributed by atoms with Gasteiger partial charge in [-0.25, -0.2) is 0 Å². The molecule has 1 rings (SSSR count). The van der Waals surface area contributed by atoms with E-state index in [0.717, 1.165) is 12.1 Å². The molecule has 0 heterocycles. The largest absolute Gasteiger partial charge is 0.343 e. The lowest BCUT2D eigenvalue weighted by atomic mass is 9.97. The van der Waals surface area contributed by atoms with E-state index < -0.39 is 11.6 Å². The molecule has 1 aromatic carbocycles. The van der Waals surface area contributed by atoms with Gasteiger partial charge in [0.15, 0.2) is 0 Å². The lowest BCUT2D eigenvalue weighted by Gasteiger charge is -2.34. The van der Waals surface area contributed by atoms with Crippen molar-refractivity contribution in [1.82, 2.24) is 5.32 Å². The van der Waals surface area contributed by atoms with Crippen molar-refractivity contribution >= 4 is 28.8 Å². The number of likely N-dealkylation sites (N-methyl/N-ethyl adjacent to an activating group) is 1. The van der Waals surface area contributed by atoms with Crippen LogP contribution in [-0.2, 0) is 4.79 Å². The number of anilines is 1. The number of nitrogens with one attached hydrogen (secondary N) is 1. The van der Waals surface area contributed by atoms with Gasteiger partial charge in [0.25, 0.3) is 0 Å². The number of amides is 1. The summed E-state index contributed by atoms with van der Waals surface area (Å²) in [5.74, 6) is -0.0283. The van der Waals surface area contributed by atoms with Gasteiger partial charge < -0.3 is 16.0 Å². The van der Waals surface area contributed by atoms with E-state index in [2.05, 4.69) is 5.32 Å². The molecule has 0 aliphatic rings. The second-order valence-electron chi connectivity index (χ2n) is 6.23. The van der Waals surface area contributed by atoms with Crippen molar-refractivity contribution < 1.29 is 4.79 Å². The molecule has 0 bridgehead atoms. The first-order valence-electron chi connectivity index (χ1n) is 7.61. The molecular weight excluding hydrogens is 294 g/mol. The van der Waals surface area contributed by atoms with Gasteiger partial charge in [0.2, 0.25) is 5.91 Å². The number of thiocarbonyl (C=S) groups is 1. The number of para-hydroxylation sites is 1. The fourth-order valence-corrected chi connectivity index (χ4v) is 2.30. The van der Waals surface area contributed by atoms with Gasteiger partial charge in [0, 0.05) is 12.7 Å². The number of hydrogen-bond donors (Lipinski definition) is 2. The van der Waals surface area contributed by atoms with Crippen LogP contribution in [0.3, 0.4) is 0 Å². The van der Waals surface area contributed by atoms with Crippen LogP contribution in [0.2, 0.25) is 0 Å². The van der Waals surface area contributed by atoms with Crippen LogP contribution in [-0.4, -0.2) is 29.5 Å². The number of carbonyl (C=O) groups is 1. The Morgan fingerprint density at radius 1 is 1.36 bits per heavy atom. The molecule has 0 radical (unpaired) electrons. The van der Waals surface area contributed by atoms with Crippen LogP contribution in [0.5, 0.6) is 0 Å². The molecule has 4 nitrogen and oxygen atoms in total. The van der Waals surface area contributed by atoms with Gasteiger partial charge in [0.05, 0.1) is 11.6 Å². The fraction of sp³-hybridized carbons (Fsp3) is 0.529. The van der Waals surface area contributed by atoms with Gasteiger partial charge in [-0.1, -0.05) is 50.7 Å². The summed E-state index contributed by atoms with van der Waals surface area (Å²) in [5.41, 5.74) is 6.33. The SMILES string of the molecule is CC[C@H](C)[C@H](N)C(=O)NC(C)(C)C(=S)N(C)c1ccccc1. The monoisotopic (exact) mass is 321 g/mol. The normalized spacial score (nSPS) is 14.1. The molecule has 0 spiro atoms. The molecule has 0 aliphatic carbocycles. The Bertz CT molecular complexity index is 516. The minimum atomic E-state index is -0.651. The Hall–Kier alpha value is -1.46. The zero-order valence-corrected chi connectivity index (χ0v) is 14.9. The van der Waals surface area contributed by atoms with Crippen LogP contribution in [0.25, 0.3) is 0 Å². The Balaban J connectivity index is 2.81. The summed E-state index contributed by atoms with van der Waals surface area (Å²) in [4.78, 5) is 14.9. The van der Waals surface area contributed by atoms with Gasteiger partial charge in [-0.3, -0.25) is 4.79 Å². The van der Waals surface area contributed by atoms with E-state index in [1.54, 1.807) is 0 Å². The van der Waals surface area contributed by atoms with E-state index >= 15 is 0 Å². The topological polar surface area (TPSA) is 58.4 Å². The van der Waals surface area contributed by atoms with Crippen LogP contribution in [0.15, 0.2) is 30.3 Å². The van der Waals surface area contributed by atoms with Crippen LogP contribution < -0.4 is 16.0 Å². The average molecular weight is 321 g/mol. The molecule has 22 heavy (non-hydrogen) atoms. The molecule has 122 valence electrons. The first kappa shape index (κ1) is 18.6.